The van der Waals surface area contributed by atoms with E-state index in [0.29, 0.717) is 11.4 Å². The van der Waals surface area contributed by atoms with Crippen LogP contribution in [0, 0.1) is 0 Å². The van der Waals surface area contributed by atoms with E-state index < -0.39 is 18.4 Å². The molecule has 0 aliphatic rings. The summed E-state index contributed by atoms with van der Waals surface area (Å²) in [6.45, 7) is 0.166. The lowest BCUT2D eigenvalue weighted by Crippen LogP contribution is -2.23. The molecule has 14 heteroatoms. The summed E-state index contributed by atoms with van der Waals surface area (Å²) in [6, 6.07) is 5.24. The molecule has 1 aromatic carbocycles. The summed E-state index contributed by atoms with van der Waals surface area (Å²) < 4.78 is 57.6. The smallest absolute Gasteiger partial charge is 0.406 e. The number of hydrogen-bond acceptors (Lipinski definition) is 7. The lowest BCUT2D eigenvalue weighted by molar-refractivity contribution is -0.274. The van der Waals surface area contributed by atoms with Crippen molar-refractivity contribution in [2.75, 3.05) is 12.4 Å². The Balaban J connectivity index is 1.46. The average molecular weight is 456 g/mol. The molecule has 0 saturated heterocycles. The predicted molar refractivity (Wildman–Crippen MR) is 103 cm³/mol. The normalized spacial score (nSPS) is 12.4. The zero-order valence-electron chi connectivity index (χ0n) is 16.9. The Morgan fingerprint density at radius 2 is 1.97 bits per heavy atom. The van der Waals surface area contributed by atoms with Gasteiger partial charge in [0.15, 0.2) is 11.5 Å². The maximum Gasteiger partial charge on any atom is 0.573 e. The fourth-order valence-corrected chi connectivity index (χ4v) is 2.71. The van der Waals surface area contributed by atoms with Crippen LogP contribution >= 0.6 is 0 Å². The van der Waals surface area contributed by atoms with Crippen molar-refractivity contribution in [2.24, 2.45) is 0 Å². The third kappa shape index (κ3) is 6.92. The first-order valence-electron chi connectivity index (χ1n) is 9.47. The number of nitrogens with one attached hydrogen (secondary N) is 2. The molecular weight excluding hydrogens is 436 g/mol. The fourth-order valence-electron chi connectivity index (χ4n) is 2.71. The van der Waals surface area contributed by atoms with Gasteiger partial charge in [-0.15, -0.1) is 23.4 Å². The number of carbonyl (C=O) groups is 1. The van der Waals surface area contributed by atoms with Crippen LogP contribution in [0.15, 0.2) is 36.7 Å². The second-order valence-corrected chi connectivity index (χ2v) is 6.71. The summed E-state index contributed by atoms with van der Waals surface area (Å²) in [7, 11) is 1.68. The van der Waals surface area contributed by atoms with Crippen molar-refractivity contribution in [3.8, 4) is 5.75 Å². The minimum Gasteiger partial charge on any atom is -0.406 e. The van der Waals surface area contributed by atoms with Gasteiger partial charge < -0.3 is 15.4 Å². The number of amides is 1. The number of rotatable bonds is 10. The lowest BCUT2D eigenvalue weighted by Gasteiger charge is -2.10. The van der Waals surface area contributed by atoms with E-state index in [1.54, 1.807) is 13.2 Å². The molecule has 2 heterocycles. The molecule has 0 aliphatic carbocycles. The summed E-state index contributed by atoms with van der Waals surface area (Å²) in [4.78, 5) is 12.2. The van der Waals surface area contributed by atoms with Gasteiger partial charge in [-0.2, -0.15) is 0 Å². The zero-order valence-corrected chi connectivity index (χ0v) is 16.9. The Bertz CT molecular complexity index is 1040. The van der Waals surface area contributed by atoms with Gasteiger partial charge in [-0.3, -0.25) is 9.48 Å². The van der Waals surface area contributed by atoms with Gasteiger partial charge in [0.05, 0.1) is 18.9 Å². The van der Waals surface area contributed by atoms with E-state index in [-0.39, 0.29) is 37.5 Å². The molecular formula is C18H20F4N8O2. The van der Waals surface area contributed by atoms with E-state index in [1.165, 1.54) is 33.8 Å². The first kappa shape index (κ1) is 23.0. The number of nitrogens with zero attached hydrogens (tertiary/aromatic N) is 6. The van der Waals surface area contributed by atoms with Gasteiger partial charge in [0, 0.05) is 26.6 Å². The molecule has 10 nitrogen and oxygen atoms in total. The molecule has 3 rings (SSSR count). The Labute approximate surface area is 179 Å². The third-order valence-electron chi connectivity index (χ3n) is 4.21. The van der Waals surface area contributed by atoms with E-state index >= 15 is 0 Å². The number of ether oxygens (including phenoxy) is 1. The molecule has 0 fully saturated rings. The summed E-state index contributed by atoms with van der Waals surface area (Å²) in [6.07, 6.45) is -2.96. The maximum absolute atomic E-state index is 14.2. The number of aromatic nitrogens is 6. The molecule has 3 aromatic rings. The van der Waals surface area contributed by atoms with Crippen molar-refractivity contribution < 1.29 is 27.1 Å². The van der Waals surface area contributed by atoms with Crippen LogP contribution in [0.25, 0.3) is 0 Å². The highest BCUT2D eigenvalue weighted by Gasteiger charge is 2.31. The van der Waals surface area contributed by atoms with Crippen molar-refractivity contribution in [3.05, 3.63) is 47.9 Å². The standard InChI is InChI=1S/C18H20F4N8O2/c1-23-16-11-30(28-26-16)9-13(19)5-6-29-10-15(25-27-29)17(31)24-8-12-3-2-4-14(7-12)32-18(20,21)22/h2-4,7,10-11,13,23H,5-6,8-9H2,1H3,(H,24,31). The highest BCUT2D eigenvalue weighted by molar-refractivity contribution is 5.91. The van der Waals surface area contributed by atoms with Crippen LogP contribution in [0.4, 0.5) is 23.4 Å². The highest BCUT2D eigenvalue weighted by atomic mass is 19.4. The van der Waals surface area contributed by atoms with Crippen molar-refractivity contribution in [1.82, 2.24) is 35.3 Å². The summed E-state index contributed by atoms with van der Waals surface area (Å²) in [5.74, 6) is -0.426. The largest absolute Gasteiger partial charge is 0.573 e. The van der Waals surface area contributed by atoms with Crippen LogP contribution in [0.1, 0.15) is 22.5 Å². The number of carbonyl (C=O) groups excluding carboxylic acids is 1. The number of alkyl halides is 4. The molecule has 1 atom stereocenters. The molecule has 0 spiro atoms. The van der Waals surface area contributed by atoms with Gasteiger partial charge in [-0.1, -0.05) is 22.6 Å². The molecule has 2 N–H and O–H groups in total. The zero-order chi connectivity index (χ0) is 23.1. The highest BCUT2D eigenvalue weighted by Crippen LogP contribution is 2.23. The fraction of sp³-hybridized carbons (Fsp3) is 0.389. The Kier molecular flexibility index (Phi) is 7.22. The topological polar surface area (TPSA) is 112 Å². The van der Waals surface area contributed by atoms with Gasteiger partial charge in [-0.25, -0.2) is 9.07 Å². The average Bonchev–Trinajstić information content (AvgIpc) is 3.39. The third-order valence-corrected chi connectivity index (χ3v) is 4.21. The van der Waals surface area contributed by atoms with Gasteiger partial charge in [0.2, 0.25) is 0 Å². The first-order valence-corrected chi connectivity index (χ1v) is 9.47. The van der Waals surface area contributed by atoms with Crippen molar-refractivity contribution in [1.29, 1.82) is 0 Å². The lowest BCUT2D eigenvalue weighted by atomic mass is 10.2. The SMILES string of the molecule is CNc1cn(CC(F)CCn2cc(C(=O)NCc3cccc(OC(F)(F)F)c3)nn2)nn1. The van der Waals surface area contributed by atoms with Gasteiger partial charge in [0.1, 0.15) is 11.9 Å². The van der Waals surface area contributed by atoms with E-state index in [9.17, 15) is 22.4 Å². The minimum absolute atomic E-state index is 0.00181. The van der Waals surface area contributed by atoms with Crippen LogP contribution in [0.2, 0.25) is 0 Å². The molecule has 1 amide bonds. The predicted octanol–water partition coefficient (Wildman–Crippen LogP) is 2.17. The molecule has 1 unspecified atom stereocenters. The van der Waals surface area contributed by atoms with Crippen molar-refractivity contribution >= 4 is 11.7 Å². The minimum atomic E-state index is -4.80. The van der Waals surface area contributed by atoms with E-state index in [0.717, 1.165) is 6.07 Å². The molecule has 0 radical (unpaired) electrons. The van der Waals surface area contributed by atoms with Crippen molar-refractivity contribution in [3.63, 3.8) is 0 Å². The molecule has 2 aromatic heterocycles. The molecule has 0 aliphatic heterocycles. The Morgan fingerprint density at radius 1 is 1.19 bits per heavy atom. The van der Waals surface area contributed by atoms with Crippen LogP contribution in [-0.2, 0) is 19.6 Å². The maximum atomic E-state index is 14.2. The van der Waals surface area contributed by atoms with Gasteiger partial charge in [-0.05, 0) is 17.7 Å². The van der Waals surface area contributed by atoms with Gasteiger partial charge in [0.25, 0.3) is 5.91 Å². The van der Waals surface area contributed by atoms with E-state index in [2.05, 4.69) is 36.0 Å². The number of benzene rings is 1. The van der Waals surface area contributed by atoms with Crippen molar-refractivity contribution in [2.45, 2.75) is 38.6 Å². The summed E-state index contributed by atoms with van der Waals surface area (Å²) in [5.41, 5.74) is 0.403. The monoisotopic (exact) mass is 456 g/mol. The van der Waals surface area contributed by atoms with Gasteiger partial charge >= 0.3 is 6.36 Å². The molecule has 0 saturated carbocycles. The van der Waals surface area contributed by atoms with Crippen LogP contribution < -0.4 is 15.4 Å². The summed E-state index contributed by atoms with van der Waals surface area (Å²) >= 11 is 0. The molecule has 0 bridgehead atoms. The Hall–Kier alpha value is -3.71. The first-order chi connectivity index (χ1) is 15.2. The Morgan fingerprint density at radius 3 is 2.69 bits per heavy atom. The number of halogens is 4. The van der Waals surface area contributed by atoms with Crippen LogP contribution in [0.5, 0.6) is 5.75 Å². The van der Waals surface area contributed by atoms with Crippen LogP contribution in [-0.4, -0.2) is 55.5 Å². The molecule has 172 valence electrons. The second-order valence-electron chi connectivity index (χ2n) is 6.71. The number of aryl methyl sites for hydroxylation is 1. The number of anilines is 1. The molecule has 32 heavy (non-hydrogen) atoms. The quantitative estimate of drug-likeness (QED) is 0.450. The summed E-state index contributed by atoms with van der Waals surface area (Å²) in [5, 5.41) is 20.4. The van der Waals surface area contributed by atoms with E-state index in [4.69, 9.17) is 0 Å². The van der Waals surface area contributed by atoms with Crippen LogP contribution in [0.3, 0.4) is 0 Å². The second kappa shape index (κ2) is 10.1. The number of hydrogen-bond donors (Lipinski definition) is 2. The van der Waals surface area contributed by atoms with E-state index in [1.807, 2.05) is 0 Å².